The molecule has 1 heterocycles. The molecule has 0 bridgehead atoms. The van der Waals surface area contributed by atoms with Gasteiger partial charge in [-0.2, -0.15) is 0 Å². The van der Waals surface area contributed by atoms with Gasteiger partial charge in [0.1, 0.15) is 0 Å². The number of nitrogens with zero attached hydrogens (tertiary/aromatic N) is 2. The fourth-order valence-corrected chi connectivity index (χ4v) is 2.52. The number of hydrogen-bond acceptors (Lipinski definition) is 1. The molecule has 106 valence electrons. The van der Waals surface area contributed by atoms with Crippen LogP contribution in [0.15, 0.2) is 35.3 Å². The van der Waals surface area contributed by atoms with Gasteiger partial charge in [-0.3, -0.25) is 4.99 Å². The van der Waals surface area contributed by atoms with Gasteiger partial charge in [-0.15, -0.1) is 11.2 Å². The number of aliphatic imine (C=N–C) groups is 1. The van der Waals surface area contributed by atoms with Gasteiger partial charge in [0.2, 0.25) is 0 Å². The second kappa shape index (κ2) is 8.89. The van der Waals surface area contributed by atoms with E-state index in [9.17, 15) is 0 Å². The van der Waals surface area contributed by atoms with Crippen molar-refractivity contribution in [1.29, 1.82) is 0 Å². The first-order valence-electron chi connectivity index (χ1n) is 6.85. The van der Waals surface area contributed by atoms with Crippen LogP contribution in [-0.2, 0) is 17.0 Å². The third-order valence-electron chi connectivity index (χ3n) is 3.48. The van der Waals surface area contributed by atoms with Crippen molar-refractivity contribution in [2.75, 3.05) is 0 Å². The SMILES string of the molecule is C(=NC1CCCCC1)c1cc2ccccc2[n-]1.[Cl][Ti][Cl]. The van der Waals surface area contributed by atoms with Gasteiger partial charge in [-0.05, 0) is 18.2 Å². The van der Waals surface area contributed by atoms with Crippen LogP contribution in [0.4, 0.5) is 0 Å². The molecule has 1 aliphatic rings. The van der Waals surface area contributed by atoms with Crippen LogP contribution in [-0.4, -0.2) is 12.3 Å². The summed E-state index contributed by atoms with van der Waals surface area (Å²) in [5.41, 5.74) is 2.06. The number of rotatable bonds is 2. The van der Waals surface area contributed by atoms with Crippen LogP contribution in [0.5, 0.6) is 0 Å². The van der Waals surface area contributed by atoms with Crippen molar-refractivity contribution in [3.8, 4) is 0 Å². The molecule has 1 aromatic heterocycles. The average Bonchev–Trinajstić information content (AvgIpc) is 2.90. The zero-order chi connectivity index (χ0) is 14.2. The van der Waals surface area contributed by atoms with Gasteiger partial charge in [-0.1, -0.05) is 49.6 Å². The number of halogens is 2. The van der Waals surface area contributed by atoms with Crippen LogP contribution in [0.3, 0.4) is 0 Å². The Morgan fingerprint density at radius 2 is 1.85 bits per heavy atom. The number of hydrogen-bond donors (Lipinski definition) is 0. The van der Waals surface area contributed by atoms with Crippen molar-refractivity contribution < 1.29 is 17.0 Å². The molecule has 1 aromatic carbocycles. The van der Waals surface area contributed by atoms with E-state index in [-0.39, 0.29) is 0 Å². The Morgan fingerprint density at radius 3 is 2.55 bits per heavy atom. The maximum absolute atomic E-state index is 4.89. The third-order valence-corrected chi connectivity index (χ3v) is 3.48. The van der Waals surface area contributed by atoms with Crippen LogP contribution in [0.1, 0.15) is 37.8 Å². The average molecular weight is 344 g/mol. The van der Waals surface area contributed by atoms with Gasteiger partial charge in [-0.25, -0.2) is 0 Å². The van der Waals surface area contributed by atoms with Crippen LogP contribution in [0.25, 0.3) is 10.9 Å². The maximum atomic E-state index is 4.89. The molecule has 0 aliphatic heterocycles. The van der Waals surface area contributed by atoms with Crippen molar-refractivity contribution in [2.24, 2.45) is 4.99 Å². The molecule has 1 aliphatic carbocycles. The Hall–Kier alpha value is -0.276. The standard InChI is InChI=1S/C15H17N2.2ClH.Ti/c1-2-7-13(8-3-1)16-11-14-10-12-6-4-5-9-15(12)17-14;;;/h4-6,9-11,13H,1-3,7-8H2;2*1H;/q-1;;;+2/p-2. The monoisotopic (exact) mass is 343 g/mol. The van der Waals surface area contributed by atoms with E-state index in [2.05, 4.69) is 22.1 Å². The van der Waals surface area contributed by atoms with E-state index in [1.165, 1.54) is 37.5 Å². The van der Waals surface area contributed by atoms with E-state index in [1.807, 2.05) is 24.4 Å². The van der Waals surface area contributed by atoms with E-state index in [1.54, 1.807) is 0 Å². The molecular formula is C15H17Cl2N2Ti-. The summed E-state index contributed by atoms with van der Waals surface area (Å²) in [6.07, 6.45) is 8.49. The molecule has 0 unspecified atom stereocenters. The van der Waals surface area contributed by atoms with E-state index in [0.717, 1.165) is 11.2 Å². The molecule has 5 heteroatoms. The summed E-state index contributed by atoms with van der Waals surface area (Å²) in [4.78, 5) is 9.21. The molecule has 1 fully saturated rings. The first kappa shape index (κ1) is 16.1. The zero-order valence-corrected chi connectivity index (χ0v) is 14.3. The minimum absolute atomic E-state index is 0.531. The van der Waals surface area contributed by atoms with Crippen molar-refractivity contribution in [2.45, 2.75) is 38.1 Å². The van der Waals surface area contributed by atoms with Gasteiger partial charge < -0.3 is 4.98 Å². The molecule has 0 N–H and O–H groups in total. The van der Waals surface area contributed by atoms with Gasteiger partial charge >= 0.3 is 35.6 Å². The van der Waals surface area contributed by atoms with E-state index >= 15 is 0 Å². The number of aromatic nitrogens is 1. The van der Waals surface area contributed by atoms with Crippen LogP contribution < -0.4 is 4.98 Å². The van der Waals surface area contributed by atoms with Crippen molar-refractivity contribution in [3.05, 3.63) is 36.0 Å². The predicted octanol–water partition coefficient (Wildman–Crippen LogP) is 4.93. The molecule has 0 saturated heterocycles. The molecule has 0 radical (unpaired) electrons. The Labute approximate surface area is 136 Å². The molecule has 20 heavy (non-hydrogen) atoms. The fourth-order valence-electron chi connectivity index (χ4n) is 2.52. The summed E-state index contributed by atoms with van der Waals surface area (Å²) in [7, 11) is 9.78. The van der Waals surface area contributed by atoms with E-state index in [4.69, 9.17) is 18.6 Å². The van der Waals surface area contributed by atoms with Crippen LogP contribution in [0, 0.1) is 0 Å². The van der Waals surface area contributed by atoms with Crippen molar-refractivity contribution in [3.63, 3.8) is 0 Å². The first-order valence-corrected chi connectivity index (χ1v) is 11.1. The molecule has 1 saturated carbocycles. The van der Waals surface area contributed by atoms with Crippen LogP contribution in [0.2, 0.25) is 0 Å². The molecule has 2 aromatic rings. The van der Waals surface area contributed by atoms with Crippen molar-refractivity contribution >= 4 is 35.7 Å². The number of benzene rings is 1. The molecule has 0 atom stereocenters. The van der Waals surface area contributed by atoms with Gasteiger partial charge in [0.15, 0.2) is 0 Å². The Bertz CT molecular complexity index is 515. The summed E-state index contributed by atoms with van der Waals surface area (Å²) in [5.74, 6) is 0. The minimum atomic E-state index is -0.556. The molecule has 0 amide bonds. The second-order valence-corrected chi connectivity index (χ2v) is 7.46. The number of fused-ring (bicyclic) bond motifs is 1. The summed E-state index contributed by atoms with van der Waals surface area (Å²) in [6.45, 7) is 0. The van der Waals surface area contributed by atoms with Gasteiger partial charge in [0.05, 0.1) is 0 Å². The Balaban J connectivity index is 0.000000452. The topological polar surface area (TPSA) is 26.5 Å². The Morgan fingerprint density at radius 1 is 1.15 bits per heavy atom. The third kappa shape index (κ3) is 4.93. The van der Waals surface area contributed by atoms with Gasteiger partial charge in [0, 0.05) is 12.3 Å². The van der Waals surface area contributed by atoms with Crippen molar-refractivity contribution in [1.82, 2.24) is 4.98 Å². The summed E-state index contributed by atoms with van der Waals surface area (Å²) in [6, 6.07) is 10.9. The van der Waals surface area contributed by atoms with Gasteiger partial charge in [0.25, 0.3) is 0 Å². The molecule has 3 rings (SSSR count). The zero-order valence-electron chi connectivity index (χ0n) is 11.2. The molecule has 0 spiro atoms. The Kier molecular flexibility index (Phi) is 7.16. The first-order chi connectivity index (χ1) is 9.83. The summed E-state index contributed by atoms with van der Waals surface area (Å²) in [5, 5.41) is 1.21. The fraction of sp³-hybridized carbons (Fsp3) is 0.400. The quantitative estimate of drug-likeness (QED) is 0.561. The second-order valence-electron chi connectivity index (χ2n) is 4.88. The summed E-state index contributed by atoms with van der Waals surface area (Å²) < 4.78 is 0. The normalized spacial score (nSPS) is 16.1. The molecular weight excluding hydrogens is 327 g/mol. The van der Waals surface area contributed by atoms with E-state index in [0.29, 0.717) is 6.04 Å². The predicted molar refractivity (Wildman–Crippen MR) is 83.4 cm³/mol. The van der Waals surface area contributed by atoms with E-state index < -0.39 is 17.0 Å². The molecule has 2 nitrogen and oxygen atoms in total. The van der Waals surface area contributed by atoms with Crippen LogP contribution >= 0.6 is 18.6 Å². The number of para-hydroxylation sites is 1. The summed E-state index contributed by atoms with van der Waals surface area (Å²) >= 11 is -0.556.